The van der Waals surface area contributed by atoms with Crippen LogP contribution in [0.15, 0.2) is 0 Å². The quantitative estimate of drug-likeness (QED) is 0.428. The molecule has 4 heteroatoms. The van der Waals surface area contributed by atoms with Gasteiger partial charge in [0.1, 0.15) is 12.2 Å². The summed E-state index contributed by atoms with van der Waals surface area (Å²) in [6.07, 6.45) is 6.19. The third-order valence-electron chi connectivity index (χ3n) is 2.40. The van der Waals surface area contributed by atoms with Gasteiger partial charge in [-0.3, -0.25) is 0 Å². The van der Waals surface area contributed by atoms with Crippen molar-refractivity contribution in [2.75, 3.05) is 26.4 Å². The lowest BCUT2D eigenvalue weighted by Crippen LogP contribution is -2.27. The Labute approximate surface area is 117 Å². The number of carbonyl (C=O) groups excluding carboxylic acids is 1. The lowest BCUT2D eigenvalue weighted by molar-refractivity contribution is -0.160. The van der Waals surface area contributed by atoms with Gasteiger partial charge in [-0.25, -0.2) is 4.79 Å². The molecule has 0 aliphatic heterocycles. The van der Waals surface area contributed by atoms with E-state index in [0.717, 1.165) is 13.0 Å². The zero-order chi connectivity index (χ0) is 14.6. The second-order valence-electron chi connectivity index (χ2n) is 5.67. The SMILES string of the molecule is CCCCCCCOCCOCC(=O)OC(C)(C)C. The van der Waals surface area contributed by atoms with Crippen LogP contribution >= 0.6 is 0 Å². The Bertz CT molecular complexity index is 221. The van der Waals surface area contributed by atoms with Crippen LogP contribution in [0, 0.1) is 0 Å². The molecule has 0 fully saturated rings. The van der Waals surface area contributed by atoms with Crippen LogP contribution in [0.25, 0.3) is 0 Å². The molecule has 4 nitrogen and oxygen atoms in total. The number of carbonyl (C=O) groups is 1. The monoisotopic (exact) mass is 274 g/mol. The minimum atomic E-state index is -0.449. The normalized spacial score (nSPS) is 11.6. The summed E-state index contributed by atoms with van der Waals surface area (Å²) >= 11 is 0. The summed E-state index contributed by atoms with van der Waals surface area (Å²) in [4.78, 5) is 11.3. The fraction of sp³-hybridized carbons (Fsp3) is 0.933. The first kappa shape index (κ1) is 18.4. The first-order valence-corrected chi connectivity index (χ1v) is 7.33. The molecule has 0 amide bonds. The molecule has 0 spiro atoms. The topological polar surface area (TPSA) is 44.8 Å². The third-order valence-corrected chi connectivity index (χ3v) is 2.40. The van der Waals surface area contributed by atoms with Gasteiger partial charge in [0, 0.05) is 6.61 Å². The Morgan fingerprint density at radius 3 is 2.16 bits per heavy atom. The van der Waals surface area contributed by atoms with Gasteiger partial charge in [0.2, 0.25) is 0 Å². The molecule has 0 saturated carbocycles. The van der Waals surface area contributed by atoms with Crippen molar-refractivity contribution in [3.63, 3.8) is 0 Å². The summed E-state index contributed by atoms with van der Waals surface area (Å²) in [7, 11) is 0. The molecule has 0 saturated heterocycles. The van der Waals surface area contributed by atoms with Gasteiger partial charge in [0.25, 0.3) is 0 Å². The van der Waals surface area contributed by atoms with Crippen molar-refractivity contribution in [2.45, 2.75) is 65.4 Å². The summed E-state index contributed by atoms with van der Waals surface area (Å²) in [5.74, 6) is -0.327. The van der Waals surface area contributed by atoms with E-state index in [9.17, 15) is 4.79 Å². The van der Waals surface area contributed by atoms with Crippen molar-refractivity contribution < 1.29 is 19.0 Å². The van der Waals surface area contributed by atoms with E-state index in [1.807, 2.05) is 20.8 Å². The lowest BCUT2D eigenvalue weighted by Gasteiger charge is -2.19. The van der Waals surface area contributed by atoms with Crippen LogP contribution in [0.3, 0.4) is 0 Å². The molecule has 0 bridgehead atoms. The molecular formula is C15H30O4. The van der Waals surface area contributed by atoms with Crippen LogP contribution in [0.1, 0.15) is 59.8 Å². The second kappa shape index (κ2) is 11.2. The molecule has 0 radical (unpaired) electrons. The molecule has 0 heterocycles. The Kier molecular flexibility index (Phi) is 10.9. The molecule has 0 rings (SSSR count). The lowest BCUT2D eigenvalue weighted by atomic mass is 10.2. The number of ether oxygens (including phenoxy) is 3. The zero-order valence-corrected chi connectivity index (χ0v) is 13.0. The molecular weight excluding hydrogens is 244 g/mol. The van der Waals surface area contributed by atoms with Crippen molar-refractivity contribution in [1.29, 1.82) is 0 Å². The summed E-state index contributed by atoms with van der Waals surface area (Å²) in [6.45, 7) is 9.48. The highest BCUT2D eigenvalue weighted by molar-refractivity contribution is 5.71. The highest BCUT2D eigenvalue weighted by Gasteiger charge is 2.15. The van der Waals surface area contributed by atoms with Crippen molar-refractivity contribution in [2.24, 2.45) is 0 Å². The van der Waals surface area contributed by atoms with E-state index in [1.54, 1.807) is 0 Å². The molecule has 114 valence electrons. The van der Waals surface area contributed by atoms with E-state index < -0.39 is 5.60 Å². The molecule has 0 N–H and O–H groups in total. The largest absolute Gasteiger partial charge is 0.458 e. The maximum Gasteiger partial charge on any atom is 0.332 e. The van der Waals surface area contributed by atoms with E-state index in [4.69, 9.17) is 14.2 Å². The smallest absolute Gasteiger partial charge is 0.332 e. The summed E-state index contributed by atoms with van der Waals surface area (Å²) in [5, 5.41) is 0. The number of rotatable bonds is 11. The van der Waals surface area contributed by atoms with E-state index >= 15 is 0 Å². The maximum atomic E-state index is 11.3. The number of hydrogen-bond donors (Lipinski definition) is 0. The number of hydrogen-bond acceptors (Lipinski definition) is 4. The Morgan fingerprint density at radius 1 is 0.895 bits per heavy atom. The van der Waals surface area contributed by atoms with Gasteiger partial charge in [-0.1, -0.05) is 32.6 Å². The number of esters is 1. The highest BCUT2D eigenvalue weighted by Crippen LogP contribution is 2.06. The summed E-state index contributed by atoms with van der Waals surface area (Å²) in [5.41, 5.74) is -0.449. The second-order valence-corrected chi connectivity index (χ2v) is 5.67. The third kappa shape index (κ3) is 15.3. The van der Waals surface area contributed by atoms with E-state index in [2.05, 4.69) is 6.92 Å². The molecule has 0 unspecified atom stereocenters. The van der Waals surface area contributed by atoms with Gasteiger partial charge in [-0.05, 0) is 27.2 Å². The van der Waals surface area contributed by atoms with Crippen LogP contribution in [0.2, 0.25) is 0 Å². The Balaban J connectivity index is 3.21. The van der Waals surface area contributed by atoms with Gasteiger partial charge in [0.15, 0.2) is 0 Å². The van der Waals surface area contributed by atoms with Gasteiger partial charge >= 0.3 is 5.97 Å². The van der Waals surface area contributed by atoms with Gasteiger partial charge in [-0.15, -0.1) is 0 Å². The van der Waals surface area contributed by atoms with Crippen molar-refractivity contribution in [3.8, 4) is 0 Å². The Morgan fingerprint density at radius 2 is 1.53 bits per heavy atom. The molecule has 0 aromatic carbocycles. The first-order valence-electron chi connectivity index (χ1n) is 7.33. The number of unbranched alkanes of at least 4 members (excludes halogenated alkanes) is 4. The summed E-state index contributed by atoms with van der Waals surface area (Å²) < 4.78 is 15.7. The standard InChI is InChI=1S/C15H30O4/c1-5-6-7-8-9-10-17-11-12-18-13-14(16)19-15(2,3)4/h5-13H2,1-4H3. The van der Waals surface area contributed by atoms with Crippen molar-refractivity contribution >= 4 is 5.97 Å². The van der Waals surface area contributed by atoms with Crippen LogP contribution in [-0.2, 0) is 19.0 Å². The van der Waals surface area contributed by atoms with Gasteiger partial charge < -0.3 is 14.2 Å². The fourth-order valence-corrected chi connectivity index (χ4v) is 1.55. The first-order chi connectivity index (χ1) is 8.95. The summed E-state index contributed by atoms with van der Waals surface area (Å²) in [6, 6.07) is 0. The zero-order valence-electron chi connectivity index (χ0n) is 13.0. The van der Waals surface area contributed by atoms with E-state index in [-0.39, 0.29) is 12.6 Å². The predicted molar refractivity (Wildman–Crippen MR) is 76.2 cm³/mol. The minimum Gasteiger partial charge on any atom is -0.458 e. The average Bonchev–Trinajstić information content (AvgIpc) is 2.29. The average molecular weight is 274 g/mol. The van der Waals surface area contributed by atoms with Crippen molar-refractivity contribution in [3.05, 3.63) is 0 Å². The van der Waals surface area contributed by atoms with Crippen LogP contribution < -0.4 is 0 Å². The van der Waals surface area contributed by atoms with E-state index in [0.29, 0.717) is 13.2 Å². The van der Waals surface area contributed by atoms with Crippen LogP contribution in [0.5, 0.6) is 0 Å². The molecule has 19 heavy (non-hydrogen) atoms. The molecule has 0 aromatic heterocycles. The molecule has 0 aliphatic carbocycles. The van der Waals surface area contributed by atoms with Crippen molar-refractivity contribution in [1.82, 2.24) is 0 Å². The minimum absolute atomic E-state index is 0.00285. The fourth-order valence-electron chi connectivity index (χ4n) is 1.55. The highest BCUT2D eigenvalue weighted by atomic mass is 16.6. The van der Waals surface area contributed by atoms with Gasteiger partial charge in [0.05, 0.1) is 13.2 Å². The van der Waals surface area contributed by atoms with E-state index in [1.165, 1.54) is 25.7 Å². The maximum absolute atomic E-state index is 11.3. The molecule has 0 aliphatic rings. The molecule has 0 atom stereocenters. The van der Waals surface area contributed by atoms with Crippen LogP contribution in [0.4, 0.5) is 0 Å². The van der Waals surface area contributed by atoms with Gasteiger partial charge in [-0.2, -0.15) is 0 Å². The Hall–Kier alpha value is -0.610. The molecule has 0 aromatic rings. The predicted octanol–water partition coefficient (Wildman–Crippen LogP) is 3.33. The van der Waals surface area contributed by atoms with Crippen LogP contribution in [-0.4, -0.2) is 38.0 Å².